The number of halogens is 21. The predicted octanol–water partition coefficient (Wildman–Crippen LogP) is 2.58. The van der Waals surface area contributed by atoms with E-state index in [0.717, 1.165) is 0 Å². The summed E-state index contributed by atoms with van der Waals surface area (Å²) in [6, 6.07) is 0. The standard InChI is InChI=1S/4C6F5.Ga.HI/c4*7-2-1-3(8)5(10)6(11)4(2)9;;/h;;;;;1H/q;;;;-1;+1. The Labute approximate surface area is 259 Å². The van der Waals surface area contributed by atoms with E-state index in [9.17, 15) is 52.7 Å². The van der Waals surface area contributed by atoms with Gasteiger partial charge in [-0.2, -0.15) is 0 Å². The van der Waals surface area contributed by atoms with Crippen LogP contribution in [-0.2, 0) is 0 Å². The van der Waals surface area contributed by atoms with Gasteiger partial charge >= 0.3 is 260 Å². The van der Waals surface area contributed by atoms with Crippen molar-refractivity contribution in [3.63, 3.8) is 0 Å². The van der Waals surface area contributed by atoms with Crippen LogP contribution in [0.15, 0.2) is 0 Å². The summed E-state index contributed by atoms with van der Waals surface area (Å²) >= 11 is -9.74. The van der Waals surface area contributed by atoms with E-state index >= 15 is 35.1 Å². The van der Waals surface area contributed by atoms with Crippen molar-refractivity contribution in [1.82, 2.24) is 0 Å². The fourth-order valence-corrected chi connectivity index (χ4v) is 17.0. The van der Waals surface area contributed by atoms with Crippen molar-refractivity contribution in [3.8, 4) is 0 Å². The summed E-state index contributed by atoms with van der Waals surface area (Å²) in [5.74, 6) is -70.5. The maximum Gasteiger partial charge on any atom is 0.553 e. The molecule has 46 heavy (non-hydrogen) atoms. The van der Waals surface area contributed by atoms with Gasteiger partial charge in [-0.05, 0) is 0 Å². The third-order valence-corrected chi connectivity index (χ3v) is 18.2. The van der Waals surface area contributed by atoms with Crippen molar-refractivity contribution in [3.05, 3.63) is 116 Å². The molecule has 0 heterocycles. The molecular weight excluding hydrogens is 865 g/mol. The Morgan fingerprint density at radius 1 is 0.174 bits per heavy atom. The van der Waals surface area contributed by atoms with E-state index in [2.05, 4.69) is 0 Å². The van der Waals surface area contributed by atoms with Crippen molar-refractivity contribution < 1.29 is 112 Å². The molecule has 4 aromatic rings. The Hall–Kier alpha value is -3.15. The summed E-state index contributed by atoms with van der Waals surface area (Å²) in [7, 11) is 0. The van der Waals surface area contributed by atoms with Crippen LogP contribution in [0.1, 0.15) is 0 Å². The molecule has 0 saturated carbocycles. The van der Waals surface area contributed by atoms with Gasteiger partial charge in [0.2, 0.25) is 0 Å². The summed E-state index contributed by atoms with van der Waals surface area (Å²) in [6.45, 7) is 0. The van der Waals surface area contributed by atoms with Gasteiger partial charge in [0.15, 0.2) is 0 Å². The maximum atomic E-state index is 15.4. The van der Waals surface area contributed by atoms with Crippen molar-refractivity contribution in [2.45, 2.75) is 0 Å². The minimum absolute atomic E-state index is 0. The minimum atomic E-state index is -9.74. The van der Waals surface area contributed by atoms with Crippen LogP contribution in [0.2, 0.25) is 0 Å². The first-order valence-corrected chi connectivity index (χ1v) is 15.8. The van der Waals surface area contributed by atoms with Crippen LogP contribution in [0.3, 0.4) is 0 Å². The molecule has 0 atom stereocenters. The van der Waals surface area contributed by atoms with Crippen LogP contribution in [-0.4, -0.2) is 15.0 Å². The van der Waals surface area contributed by atoms with Gasteiger partial charge in [0.05, 0.1) is 0 Å². The monoisotopic (exact) mass is 865 g/mol. The SMILES string of the molecule is Fc1c(F)c(F)[c]([Ga-]([c]2c(F)c(F)c(F)c(F)c2F)([c]2c(F)c(F)c(F)c(F)c2F)[c]2c(F)c(F)c(F)c(F)c2F)c(F)c1F.[IH+]. The Bertz CT molecular complexity index is 1580. The molecule has 22 heteroatoms. The van der Waals surface area contributed by atoms with Crippen LogP contribution in [0.5, 0.6) is 0 Å². The first kappa shape index (κ1) is 37.3. The van der Waals surface area contributed by atoms with E-state index in [0.29, 0.717) is 0 Å². The Morgan fingerprint density at radius 2 is 0.261 bits per heavy atom. The molecule has 1 radical (unpaired) electrons. The zero-order valence-corrected chi connectivity index (χ0v) is 25.3. The first-order valence-electron chi connectivity index (χ1n) is 10.9. The van der Waals surface area contributed by atoms with Crippen molar-refractivity contribution in [1.29, 1.82) is 0 Å². The minimum Gasteiger partial charge on any atom is 0.553 e. The largest absolute Gasteiger partial charge is 0.553 e. The Morgan fingerprint density at radius 3 is 0.370 bits per heavy atom. The summed E-state index contributed by atoms with van der Waals surface area (Å²) in [4.78, 5) is 0. The molecule has 0 amide bonds. The van der Waals surface area contributed by atoms with Gasteiger partial charge in [0.25, 0.3) is 0 Å². The molecule has 0 nitrogen and oxygen atoms in total. The van der Waals surface area contributed by atoms with Crippen LogP contribution in [0.25, 0.3) is 0 Å². The van der Waals surface area contributed by atoms with Crippen LogP contribution >= 0.6 is 0 Å². The van der Waals surface area contributed by atoms with Crippen LogP contribution < -0.4 is 40.4 Å². The van der Waals surface area contributed by atoms with Crippen molar-refractivity contribution >= 4 is 31.5 Å². The van der Waals surface area contributed by atoms with E-state index in [4.69, 9.17) is 0 Å². The number of hydrogen-bond acceptors (Lipinski definition) is 0. The molecule has 247 valence electrons. The average molecular weight is 866 g/mol. The maximum absolute atomic E-state index is 15.4. The zero-order valence-electron chi connectivity index (χ0n) is 20.5. The molecule has 0 spiro atoms. The van der Waals surface area contributed by atoms with E-state index in [-0.39, 0.29) is 24.0 Å². The molecule has 4 rings (SSSR count). The fraction of sp³-hybridized carbons (Fsp3) is 0. The quantitative estimate of drug-likeness (QED) is 0.0975. The fourth-order valence-electron chi connectivity index (χ4n) is 4.87. The molecule has 0 fully saturated rings. The van der Waals surface area contributed by atoms with Gasteiger partial charge in [-0.1, -0.05) is 0 Å². The second-order valence-electron chi connectivity index (χ2n) is 8.80. The molecule has 0 aromatic heterocycles. The van der Waals surface area contributed by atoms with Gasteiger partial charge in [0, 0.05) is 0 Å². The van der Waals surface area contributed by atoms with E-state index < -0.39 is 148 Å². The van der Waals surface area contributed by atoms with Crippen LogP contribution in [0, 0.1) is 116 Å². The van der Waals surface area contributed by atoms with E-state index in [1.165, 1.54) is 0 Å². The van der Waals surface area contributed by atoms with Gasteiger partial charge < -0.3 is 0 Å². The molecule has 0 N–H and O–H groups in total. The molecule has 0 aliphatic carbocycles. The van der Waals surface area contributed by atoms with E-state index in [1.807, 2.05) is 0 Å². The van der Waals surface area contributed by atoms with Crippen LogP contribution in [0.4, 0.5) is 87.8 Å². The van der Waals surface area contributed by atoms with Crippen molar-refractivity contribution in [2.24, 2.45) is 0 Å². The third kappa shape index (κ3) is 4.75. The van der Waals surface area contributed by atoms with Gasteiger partial charge in [-0.25, -0.2) is 0 Å². The number of rotatable bonds is 4. The molecular formula is C24HF20GaI. The second kappa shape index (κ2) is 12.5. The molecule has 0 unspecified atom stereocenters. The summed E-state index contributed by atoms with van der Waals surface area (Å²) in [5.41, 5.74) is 0. The zero-order chi connectivity index (χ0) is 34.4. The van der Waals surface area contributed by atoms with E-state index in [1.54, 1.807) is 0 Å². The molecule has 0 bridgehead atoms. The number of benzene rings is 4. The molecule has 0 saturated heterocycles. The third-order valence-electron chi connectivity index (χ3n) is 6.71. The smallest absolute Gasteiger partial charge is 0.553 e. The normalized spacial score (nSPS) is 11.7. The summed E-state index contributed by atoms with van der Waals surface area (Å²) in [5, 5.41) is 0. The topological polar surface area (TPSA) is 0 Å². The Kier molecular flexibility index (Phi) is 10.1. The Balaban J connectivity index is 0.00000576. The molecule has 0 aliphatic heterocycles. The van der Waals surface area contributed by atoms with Crippen molar-refractivity contribution in [2.75, 3.05) is 0 Å². The first-order chi connectivity index (χ1) is 20.7. The average Bonchev–Trinajstić information content (AvgIpc) is 3.00. The van der Waals surface area contributed by atoms with Gasteiger partial charge in [-0.3, -0.25) is 0 Å². The summed E-state index contributed by atoms with van der Waals surface area (Å²) in [6.07, 6.45) is 0. The van der Waals surface area contributed by atoms with Gasteiger partial charge in [-0.15, -0.1) is 0 Å². The predicted molar refractivity (Wildman–Crippen MR) is 111 cm³/mol. The molecule has 0 aliphatic rings. The number of hydrogen-bond donors (Lipinski definition) is 0. The second-order valence-corrected chi connectivity index (χ2v) is 17.3. The van der Waals surface area contributed by atoms with Gasteiger partial charge in [0.1, 0.15) is 0 Å². The molecule has 4 aromatic carbocycles. The summed E-state index contributed by atoms with van der Waals surface area (Å²) < 4.78 is 281.